The summed E-state index contributed by atoms with van der Waals surface area (Å²) in [5.41, 5.74) is 0.570. The Labute approximate surface area is 132 Å². The molecule has 1 fully saturated rings. The molecule has 1 aliphatic heterocycles. The minimum Gasteiger partial charge on any atom is -0.497 e. The highest BCUT2D eigenvalue weighted by Gasteiger charge is 2.22. The van der Waals surface area contributed by atoms with Gasteiger partial charge in [0.25, 0.3) is 0 Å². The molecule has 1 unspecified atom stereocenters. The van der Waals surface area contributed by atoms with Crippen molar-refractivity contribution in [2.45, 2.75) is 18.9 Å². The molecule has 2 aromatic rings. The maximum atomic E-state index is 12.5. The SMILES string of the molecule is COc1ccc2c(=O)c(NC(=O)N3CCCC(O)C3)c[nH]c2c1. The van der Waals surface area contributed by atoms with Crippen molar-refractivity contribution >= 4 is 22.6 Å². The van der Waals surface area contributed by atoms with Gasteiger partial charge >= 0.3 is 6.03 Å². The fourth-order valence-electron chi connectivity index (χ4n) is 2.75. The smallest absolute Gasteiger partial charge is 0.322 e. The van der Waals surface area contributed by atoms with Gasteiger partial charge in [0.05, 0.1) is 18.7 Å². The number of hydrogen-bond donors (Lipinski definition) is 3. The van der Waals surface area contributed by atoms with Crippen LogP contribution in [-0.2, 0) is 0 Å². The van der Waals surface area contributed by atoms with E-state index in [4.69, 9.17) is 4.74 Å². The molecule has 1 aliphatic rings. The van der Waals surface area contributed by atoms with Gasteiger partial charge in [0.2, 0.25) is 5.43 Å². The molecule has 0 spiro atoms. The van der Waals surface area contributed by atoms with E-state index in [2.05, 4.69) is 10.3 Å². The van der Waals surface area contributed by atoms with Crippen LogP contribution in [0.5, 0.6) is 5.75 Å². The topological polar surface area (TPSA) is 94.7 Å². The summed E-state index contributed by atoms with van der Waals surface area (Å²) in [5, 5.41) is 12.7. The van der Waals surface area contributed by atoms with E-state index in [1.165, 1.54) is 11.1 Å². The lowest BCUT2D eigenvalue weighted by atomic mass is 10.1. The zero-order chi connectivity index (χ0) is 16.4. The number of carbonyl (C=O) groups excluding carboxylic acids is 1. The monoisotopic (exact) mass is 317 g/mol. The highest BCUT2D eigenvalue weighted by Crippen LogP contribution is 2.18. The Kier molecular flexibility index (Phi) is 4.20. The quantitative estimate of drug-likeness (QED) is 0.783. The molecule has 1 atom stereocenters. The number of hydrogen-bond acceptors (Lipinski definition) is 4. The molecule has 23 heavy (non-hydrogen) atoms. The lowest BCUT2D eigenvalue weighted by Gasteiger charge is -2.30. The first-order valence-corrected chi connectivity index (χ1v) is 7.52. The number of aromatic amines is 1. The van der Waals surface area contributed by atoms with Gasteiger partial charge in [0.1, 0.15) is 11.4 Å². The summed E-state index contributed by atoms with van der Waals surface area (Å²) in [5.74, 6) is 0.646. The van der Waals surface area contributed by atoms with E-state index in [-0.39, 0.29) is 23.7 Å². The van der Waals surface area contributed by atoms with E-state index in [1.54, 1.807) is 25.3 Å². The van der Waals surface area contributed by atoms with E-state index >= 15 is 0 Å². The molecule has 2 amide bonds. The van der Waals surface area contributed by atoms with Crippen LogP contribution in [0.3, 0.4) is 0 Å². The number of rotatable bonds is 2. The van der Waals surface area contributed by atoms with E-state index in [0.717, 1.165) is 6.42 Å². The van der Waals surface area contributed by atoms with Crippen LogP contribution >= 0.6 is 0 Å². The number of likely N-dealkylation sites (tertiary alicyclic amines) is 1. The van der Waals surface area contributed by atoms with Crippen LogP contribution in [0.4, 0.5) is 10.5 Å². The molecule has 3 rings (SSSR count). The Morgan fingerprint density at radius 1 is 1.48 bits per heavy atom. The number of nitrogens with zero attached hydrogens (tertiary/aromatic N) is 1. The molecule has 7 nitrogen and oxygen atoms in total. The van der Waals surface area contributed by atoms with Gasteiger partial charge in [-0.25, -0.2) is 4.79 Å². The number of carbonyl (C=O) groups is 1. The third-order valence-corrected chi connectivity index (χ3v) is 4.01. The molecule has 1 aromatic carbocycles. The predicted molar refractivity (Wildman–Crippen MR) is 87.0 cm³/mol. The number of pyridine rings is 1. The molecular weight excluding hydrogens is 298 g/mol. The second-order valence-corrected chi connectivity index (χ2v) is 5.62. The summed E-state index contributed by atoms with van der Waals surface area (Å²) >= 11 is 0. The molecule has 0 radical (unpaired) electrons. The number of aliphatic hydroxyl groups is 1. The highest BCUT2D eigenvalue weighted by molar-refractivity contribution is 5.92. The lowest BCUT2D eigenvalue weighted by Crippen LogP contribution is -2.44. The second-order valence-electron chi connectivity index (χ2n) is 5.62. The van der Waals surface area contributed by atoms with Crippen molar-refractivity contribution in [3.05, 3.63) is 34.6 Å². The molecule has 1 saturated heterocycles. The number of amides is 2. The van der Waals surface area contributed by atoms with Gasteiger partial charge in [0, 0.05) is 30.7 Å². The average molecular weight is 317 g/mol. The number of methoxy groups -OCH3 is 1. The van der Waals surface area contributed by atoms with Crippen molar-refractivity contribution in [2.24, 2.45) is 0 Å². The first-order valence-electron chi connectivity index (χ1n) is 7.52. The third-order valence-electron chi connectivity index (χ3n) is 4.01. The first-order chi connectivity index (χ1) is 11.1. The van der Waals surface area contributed by atoms with Gasteiger partial charge in [0.15, 0.2) is 0 Å². The summed E-state index contributed by atoms with van der Waals surface area (Å²) < 4.78 is 5.12. The van der Waals surface area contributed by atoms with Crippen LogP contribution in [0, 0.1) is 0 Å². The van der Waals surface area contributed by atoms with Crippen LogP contribution in [0.2, 0.25) is 0 Å². The number of H-pyrrole nitrogens is 1. The summed E-state index contributed by atoms with van der Waals surface area (Å²) in [6.07, 6.45) is 2.42. The Balaban J connectivity index is 1.84. The Hall–Kier alpha value is -2.54. The van der Waals surface area contributed by atoms with Crippen molar-refractivity contribution in [3.8, 4) is 5.75 Å². The van der Waals surface area contributed by atoms with Gasteiger partial charge in [-0.1, -0.05) is 0 Å². The van der Waals surface area contributed by atoms with Crippen molar-refractivity contribution in [2.75, 3.05) is 25.5 Å². The number of fused-ring (bicyclic) bond motifs is 1. The van der Waals surface area contributed by atoms with E-state index in [0.29, 0.717) is 29.6 Å². The Morgan fingerprint density at radius 3 is 3.04 bits per heavy atom. The maximum absolute atomic E-state index is 12.5. The fraction of sp³-hybridized carbons (Fsp3) is 0.375. The summed E-state index contributed by atoms with van der Waals surface area (Å²) in [6.45, 7) is 0.861. The molecule has 122 valence electrons. The summed E-state index contributed by atoms with van der Waals surface area (Å²) in [4.78, 5) is 29.2. The van der Waals surface area contributed by atoms with Crippen LogP contribution in [0.25, 0.3) is 10.9 Å². The zero-order valence-corrected chi connectivity index (χ0v) is 12.8. The van der Waals surface area contributed by atoms with Crippen molar-refractivity contribution in [1.29, 1.82) is 0 Å². The van der Waals surface area contributed by atoms with Crippen molar-refractivity contribution < 1.29 is 14.6 Å². The van der Waals surface area contributed by atoms with E-state index in [9.17, 15) is 14.7 Å². The number of aliphatic hydroxyl groups excluding tert-OH is 1. The van der Waals surface area contributed by atoms with Gasteiger partial charge in [-0.05, 0) is 25.0 Å². The zero-order valence-electron chi connectivity index (χ0n) is 12.8. The molecule has 7 heteroatoms. The van der Waals surface area contributed by atoms with E-state index in [1.807, 2.05) is 0 Å². The van der Waals surface area contributed by atoms with Crippen molar-refractivity contribution in [1.82, 2.24) is 9.88 Å². The average Bonchev–Trinajstić information content (AvgIpc) is 2.57. The number of nitrogens with one attached hydrogen (secondary N) is 2. The molecule has 0 saturated carbocycles. The van der Waals surface area contributed by atoms with Crippen LogP contribution in [0.15, 0.2) is 29.2 Å². The van der Waals surface area contributed by atoms with Gasteiger partial charge < -0.3 is 25.0 Å². The maximum Gasteiger partial charge on any atom is 0.322 e. The van der Waals surface area contributed by atoms with Gasteiger partial charge in [-0.3, -0.25) is 4.79 Å². The summed E-state index contributed by atoms with van der Waals surface area (Å²) in [6, 6.07) is 4.71. The Bertz CT molecular complexity index is 786. The largest absolute Gasteiger partial charge is 0.497 e. The van der Waals surface area contributed by atoms with Crippen molar-refractivity contribution in [3.63, 3.8) is 0 Å². The summed E-state index contributed by atoms with van der Waals surface area (Å²) in [7, 11) is 1.56. The van der Waals surface area contributed by atoms with Crippen LogP contribution in [0.1, 0.15) is 12.8 Å². The molecule has 3 N–H and O–H groups in total. The Morgan fingerprint density at radius 2 is 2.30 bits per heavy atom. The third kappa shape index (κ3) is 3.14. The molecule has 0 aliphatic carbocycles. The lowest BCUT2D eigenvalue weighted by molar-refractivity contribution is 0.0883. The van der Waals surface area contributed by atoms with Crippen LogP contribution < -0.4 is 15.5 Å². The van der Waals surface area contributed by atoms with Crippen LogP contribution in [-0.4, -0.2) is 47.3 Å². The number of piperidine rings is 1. The van der Waals surface area contributed by atoms with E-state index < -0.39 is 6.10 Å². The fourth-order valence-corrected chi connectivity index (χ4v) is 2.75. The predicted octanol–water partition coefficient (Wildman–Crippen LogP) is 1.53. The number of anilines is 1. The molecule has 1 aromatic heterocycles. The normalized spacial score (nSPS) is 18.0. The highest BCUT2D eigenvalue weighted by atomic mass is 16.5. The standard InChI is InChI=1S/C16H19N3O4/c1-23-11-4-5-12-13(7-11)17-8-14(15(12)21)18-16(22)19-6-2-3-10(20)9-19/h4-5,7-8,10,20H,2-3,6,9H2,1H3,(H,17,21)(H,18,22). The van der Waals surface area contributed by atoms with Gasteiger partial charge in [-0.15, -0.1) is 0 Å². The minimum absolute atomic E-state index is 0.188. The van der Waals surface area contributed by atoms with Gasteiger partial charge in [-0.2, -0.15) is 0 Å². The molecule has 0 bridgehead atoms. The second kappa shape index (κ2) is 6.29. The number of β-amino-alcohol motifs (C(OH)–C–C–N with tert-alkyl or cyclic N) is 1. The molecular formula is C16H19N3O4. The first kappa shape index (κ1) is 15.4. The molecule has 2 heterocycles. The minimum atomic E-state index is -0.503. The number of aromatic nitrogens is 1. The number of urea groups is 1. The number of ether oxygens (including phenoxy) is 1. The number of benzene rings is 1.